The molecule has 3 aromatic carbocycles. The maximum atomic E-state index is 10.5. The lowest BCUT2D eigenvalue weighted by Gasteiger charge is -2.46. The van der Waals surface area contributed by atoms with Gasteiger partial charge < -0.3 is 45.6 Å². The van der Waals surface area contributed by atoms with E-state index in [9.17, 15) is 15.3 Å². The minimum atomic E-state index is 0.00188. The molecule has 0 amide bonds. The molecule has 3 fully saturated rings. The average molecular weight is 1110 g/mol. The number of piperidine rings is 2. The van der Waals surface area contributed by atoms with Crippen molar-refractivity contribution in [1.29, 1.82) is 0 Å². The van der Waals surface area contributed by atoms with Crippen LogP contribution in [0, 0.1) is 0 Å². The van der Waals surface area contributed by atoms with Gasteiger partial charge in [-0.25, -0.2) is 9.36 Å². The molecule has 7 N–H and O–H groups in total. The molecule has 0 spiro atoms. The third kappa shape index (κ3) is 14.2. The molecule has 3 aliphatic rings. The van der Waals surface area contributed by atoms with E-state index < -0.39 is 0 Å². The molecule has 0 saturated carbocycles. The van der Waals surface area contributed by atoms with Crippen LogP contribution in [0.3, 0.4) is 0 Å². The zero-order valence-corrected chi connectivity index (χ0v) is 47.6. The Balaban J connectivity index is 0.000000138. The molecule has 0 atom stereocenters. The summed E-state index contributed by atoms with van der Waals surface area (Å²) in [5, 5.41) is 82.5. The molecular formula is C61H72N16O5. The highest BCUT2D eigenvalue weighted by Crippen LogP contribution is 2.36. The zero-order chi connectivity index (χ0) is 57.7. The van der Waals surface area contributed by atoms with Gasteiger partial charge in [-0.15, -0.1) is 30.6 Å². The quantitative estimate of drug-likeness (QED) is 0.0637. The van der Waals surface area contributed by atoms with Gasteiger partial charge in [-0.2, -0.15) is 15.3 Å². The van der Waals surface area contributed by atoms with Gasteiger partial charge in [0.2, 0.25) is 11.8 Å². The summed E-state index contributed by atoms with van der Waals surface area (Å²) >= 11 is 0. The largest absolute Gasteiger partial charge is 0.507 e. The second kappa shape index (κ2) is 23.7. The third-order valence-electron chi connectivity index (χ3n) is 14.4. The van der Waals surface area contributed by atoms with E-state index in [1.807, 2.05) is 97.3 Å². The van der Waals surface area contributed by atoms with Gasteiger partial charge in [0, 0.05) is 152 Å². The normalized spacial score (nSPS) is 17.4. The van der Waals surface area contributed by atoms with Crippen LogP contribution in [0.2, 0.25) is 0 Å². The van der Waals surface area contributed by atoms with Gasteiger partial charge in [-0.3, -0.25) is 5.10 Å². The molecule has 0 radical (unpaired) electrons. The van der Waals surface area contributed by atoms with Crippen LogP contribution in [0.1, 0.15) is 81.1 Å². The number of aromatic amines is 1. The number of phenols is 3. The second-order valence-electron chi connectivity index (χ2n) is 23.6. The number of hydrogen-bond acceptors (Lipinski definition) is 18. The Morgan fingerprint density at radius 1 is 0.500 bits per heavy atom. The number of nitrogens with zero attached hydrogens (tertiary/aromatic N) is 12. The van der Waals surface area contributed by atoms with Crippen molar-refractivity contribution in [3.8, 4) is 85.3 Å². The number of hydrogen-bond donors (Lipinski definition) is 7. The molecule has 9 heterocycles. The molecule has 21 heteroatoms. The first-order valence-electron chi connectivity index (χ1n) is 27.6. The molecule has 0 bridgehead atoms. The first-order chi connectivity index (χ1) is 39.2. The molecule has 0 unspecified atom stereocenters. The maximum Gasteiger partial charge on any atom is 0.233 e. The van der Waals surface area contributed by atoms with Crippen LogP contribution in [0.25, 0.3) is 56.3 Å². The number of nitrogens with one attached hydrogen (secondary N) is 4. The molecule has 3 aliphatic heterocycles. The Labute approximate surface area is 477 Å². The summed E-state index contributed by atoms with van der Waals surface area (Å²) in [6.07, 6.45) is 14.3. The minimum Gasteiger partial charge on any atom is -0.507 e. The summed E-state index contributed by atoms with van der Waals surface area (Å²) in [6.45, 7) is 21.3. The number of rotatable bonds is 11. The van der Waals surface area contributed by atoms with Crippen LogP contribution in [0.15, 0.2) is 140 Å². The highest BCUT2D eigenvalue weighted by molar-refractivity contribution is 5.74. The second-order valence-corrected chi connectivity index (χ2v) is 23.6. The number of anilines is 1. The summed E-state index contributed by atoms with van der Waals surface area (Å²) in [5.41, 5.74) is 7.11. The van der Waals surface area contributed by atoms with Crippen LogP contribution in [0.4, 0.5) is 5.82 Å². The van der Waals surface area contributed by atoms with Crippen LogP contribution in [-0.4, -0.2) is 136 Å². The minimum absolute atomic E-state index is 0.00188. The monoisotopic (exact) mass is 1110 g/mol. The van der Waals surface area contributed by atoms with Gasteiger partial charge >= 0.3 is 0 Å². The summed E-state index contributed by atoms with van der Waals surface area (Å²) in [7, 11) is 0. The molecule has 21 nitrogen and oxygen atoms in total. The summed E-state index contributed by atoms with van der Waals surface area (Å²) in [6, 6.07) is 31.0. The number of H-pyrrole nitrogens is 1. The third-order valence-corrected chi connectivity index (χ3v) is 14.4. The molecule has 82 heavy (non-hydrogen) atoms. The lowest BCUT2D eigenvalue weighted by atomic mass is 9.81. The van der Waals surface area contributed by atoms with Crippen molar-refractivity contribution < 1.29 is 24.8 Å². The van der Waals surface area contributed by atoms with E-state index in [2.05, 4.69) is 127 Å². The van der Waals surface area contributed by atoms with E-state index in [1.54, 1.807) is 52.4 Å². The first kappa shape index (κ1) is 56.5. The zero-order valence-electron chi connectivity index (χ0n) is 47.6. The van der Waals surface area contributed by atoms with E-state index in [-0.39, 0.29) is 51.6 Å². The number of phenolic OH excluding ortho intramolecular Hbond substituents is 3. The molecule has 426 valence electrons. The maximum absolute atomic E-state index is 10.5. The van der Waals surface area contributed by atoms with Crippen molar-refractivity contribution in [2.45, 2.75) is 115 Å². The van der Waals surface area contributed by atoms with Crippen molar-refractivity contribution in [2.75, 3.05) is 31.1 Å². The number of piperazine rings is 1. The smallest absolute Gasteiger partial charge is 0.233 e. The van der Waals surface area contributed by atoms with Crippen LogP contribution in [0.5, 0.6) is 29.0 Å². The Kier molecular flexibility index (Phi) is 16.3. The molecule has 3 saturated heterocycles. The Morgan fingerprint density at radius 3 is 1.33 bits per heavy atom. The number of aromatic nitrogens is 12. The van der Waals surface area contributed by atoms with E-state index in [1.165, 1.54) is 0 Å². The van der Waals surface area contributed by atoms with Crippen molar-refractivity contribution in [1.82, 2.24) is 76.3 Å². The van der Waals surface area contributed by atoms with E-state index in [0.29, 0.717) is 45.5 Å². The van der Waals surface area contributed by atoms with Gasteiger partial charge in [-0.1, -0.05) is 6.07 Å². The Hall–Kier alpha value is -8.79. The van der Waals surface area contributed by atoms with Gasteiger partial charge in [0.1, 0.15) is 29.5 Å². The standard InChI is InChI=1S/2C22H27N5O2.C17H18N6O/c1-21(2)13-16(14-22(3,4)26-21)29-20-9-8-18(24-25-20)17-7-6-15(12-19(17)28)27-11-5-10-23-27;1-21(2)10-16(11-22(3,4)27-21)29-20-8-7-18(25-26-20)17-6-5-14(9-19(17)28)15-12-23-24-13-15;24-16-12-13(23-9-1-6-19-23)2-3-14(16)15-4-5-17(21-20-15)22-10-7-18-8-11-22/h5-12,16,26,28H,13-14H2,1-4H3;5-9,12-13,16,27-28H,10-11H2,1-4H3,(H,23,24);1-6,9,12,18,24H,7-8,10-11H2. The van der Waals surface area contributed by atoms with E-state index in [4.69, 9.17) is 9.47 Å². The number of benzene rings is 3. The lowest BCUT2D eigenvalue weighted by molar-refractivity contribution is 0.0518. The fourth-order valence-corrected chi connectivity index (χ4v) is 11.5. The van der Waals surface area contributed by atoms with Crippen molar-refractivity contribution >= 4 is 5.82 Å². The highest BCUT2D eigenvalue weighted by Gasteiger charge is 2.40. The molecule has 0 aliphatic carbocycles. The van der Waals surface area contributed by atoms with Crippen LogP contribution in [-0.2, 0) is 0 Å². The van der Waals surface area contributed by atoms with E-state index in [0.717, 1.165) is 80.2 Å². The van der Waals surface area contributed by atoms with Crippen LogP contribution < -0.4 is 30.3 Å². The SMILES string of the molecule is CC1(C)CC(Oc2ccc(-c3ccc(-c4cn[nH]c4)cc3O)nn2)CC(C)(C)N1.CC1(C)CC(Oc2ccc(-c3ccc(-n4cccn4)cc3O)nn2)CC(C)(C)N1.Oc1cc(-n2cccn2)ccc1-c1ccc(N2CCNCC2)nn1. The van der Waals surface area contributed by atoms with Crippen molar-refractivity contribution in [3.05, 3.63) is 140 Å². The predicted octanol–water partition coefficient (Wildman–Crippen LogP) is 9.09. The summed E-state index contributed by atoms with van der Waals surface area (Å²) in [4.78, 5) is 2.20. The number of aromatic hydroxyl groups is 3. The topological polar surface area (TPSA) is 260 Å². The Morgan fingerprint density at radius 2 is 0.951 bits per heavy atom. The highest BCUT2D eigenvalue weighted by atomic mass is 16.5. The predicted molar refractivity (Wildman–Crippen MR) is 314 cm³/mol. The van der Waals surface area contributed by atoms with Gasteiger partial charge in [-0.05, 0) is 134 Å². The molecular weight excluding hydrogens is 1040 g/mol. The van der Waals surface area contributed by atoms with Gasteiger partial charge in [0.05, 0.1) is 34.7 Å². The fraction of sp³-hybridized carbons (Fsp3) is 0.361. The fourth-order valence-electron chi connectivity index (χ4n) is 11.5. The molecule has 12 rings (SSSR count). The summed E-state index contributed by atoms with van der Waals surface area (Å²) in [5.74, 6) is 2.30. The Bertz CT molecular complexity index is 3320. The van der Waals surface area contributed by atoms with Crippen molar-refractivity contribution in [2.24, 2.45) is 0 Å². The average Bonchev–Trinajstić information content (AvgIpc) is 4.41. The first-order valence-corrected chi connectivity index (χ1v) is 27.6. The van der Waals surface area contributed by atoms with E-state index >= 15 is 0 Å². The van der Waals surface area contributed by atoms with Gasteiger partial charge in [0.15, 0.2) is 5.82 Å². The van der Waals surface area contributed by atoms with Crippen LogP contribution >= 0.6 is 0 Å². The summed E-state index contributed by atoms with van der Waals surface area (Å²) < 4.78 is 15.6. The number of ether oxygens (including phenoxy) is 2. The molecule has 9 aromatic rings. The molecule has 6 aromatic heterocycles. The lowest BCUT2D eigenvalue weighted by Crippen LogP contribution is -2.60. The van der Waals surface area contributed by atoms with Crippen molar-refractivity contribution in [3.63, 3.8) is 0 Å². The van der Waals surface area contributed by atoms with Gasteiger partial charge in [0.25, 0.3) is 0 Å².